The summed E-state index contributed by atoms with van der Waals surface area (Å²) in [7, 11) is 4.57. The number of benzene rings is 1. The number of unbranched alkanes of at least 4 members (excludes halogenated alkanes) is 2. The molecule has 0 unspecified atom stereocenters. The number of carbonyl (C=O) groups excluding carboxylic acids is 1. The molecule has 2 rings (SSSR count). The Morgan fingerprint density at radius 1 is 1.00 bits per heavy atom. The van der Waals surface area contributed by atoms with Crippen LogP contribution in [-0.4, -0.2) is 43.7 Å². The third-order valence-corrected chi connectivity index (χ3v) is 4.08. The molecule has 152 valence electrons. The second kappa shape index (κ2) is 10.3. The SMILES string of the molecule is CCCCCNc1cc(C(=O)Nc2cc(OC)c(OC)c(OC)c2)nc(C)n1. The molecule has 1 aromatic carbocycles. The van der Waals surface area contributed by atoms with Crippen molar-refractivity contribution in [2.24, 2.45) is 0 Å². The van der Waals surface area contributed by atoms with Crippen molar-refractivity contribution in [3.63, 3.8) is 0 Å². The van der Waals surface area contributed by atoms with Gasteiger partial charge in [-0.05, 0) is 13.3 Å². The number of nitrogens with zero attached hydrogens (tertiary/aromatic N) is 2. The zero-order valence-corrected chi connectivity index (χ0v) is 17.1. The minimum Gasteiger partial charge on any atom is -0.493 e. The third-order valence-electron chi connectivity index (χ3n) is 4.08. The fraction of sp³-hybridized carbons (Fsp3) is 0.450. The molecule has 2 aromatic rings. The van der Waals surface area contributed by atoms with Crippen LogP contribution in [0.25, 0.3) is 0 Å². The highest BCUT2D eigenvalue weighted by Crippen LogP contribution is 2.40. The number of hydrogen-bond donors (Lipinski definition) is 2. The first-order valence-corrected chi connectivity index (χ1v) is 9.23. The highest BCUT2D eigenvalue weighted by molar-refractivity contribution is 6.03. The van der Waals surface area contributed by atoms with E-state index in [4.69, 9.17) is 14.2 Å². The van der Waals surface area contributed by atoms with Gasteiger partial charge in [-0.15, -0.1) is 0 Å². The maximum Gasteiger partial charge on any atom is 0.274 e. The molecule has 0 aliphatic carbocycles. The number of aromatic nitrogens is 2. The summed E-state index contributed by atoms with van der Waals surface area (Å²) in [5.41, 5.74) is 0.785. The van der Waals surface area contributed by atoms with Crippen LogP contribution in [0.2, 0.25) is 0 Å². The number of ether oxygens (including phenoxy) is 3. The number of rotatable bonds is 10. The van der Waals surface area contributed by atoms with Crippen molar-refractivity contribution in [2.45, 2.75) is 33.1 Å². The van der Waals surface area contributed by atoms with E-state index in [0.717, 1.165) is 25.8 Å². The fourth-order valence-electron chi connectivity index (χ4n) is 2.71. The molecular weight excluding hydrogens is 360 g/mol. The normalized spacial score (nSPS) is 10.3. The van der Waals surface area contributed by atoms with Crippen molar-refractivity contribution in [3.05, 3.63) is 29.7 Å². The summed E-state index contributed by atoms with van der Waals surface area (Å²) in [5, 5.41) is 6.06. The average Bonchev–Trinajstić information content (AvgIpc) is 2.69. The van der Waals surface area contributed by atoms with Crippen LogP contribution in [0.1, 0.15) is 42.5 Å². The first kappa shape index (κ1) is 21.3. The molecule has 0 fully saturated rings. The summed E-state index contributed by atoms with van der Waals surface area (Å²) in [4.78, 5) is 21.3. The number of aryl methyl sites for hydroxylation is 1. The van der Waals surface area contributed by atoms with Crippen molar-refractivity contribution in [1.82, 2.24) is 9.97 Å². The van der Waals surface area contributed by atoms with Gasteiger partial charge in [0.15, 0.2) is 11.5 Å². The first-order chi connectivity index (χ1) is 13.5. The number of methoxy groups -OCH3 is 3. The second-order valence-electron chi connectivity index (χ2n) is 6.19. The number of carbonyl (C=O) groups is 1. The molecule has 0 atom stereocenters. The molecule has 0 saturated heterocycles. The molecule has 8 nitrogen and oxygen atoms in total. The molecule has 1 aromatic heterocycles. The monoisotopic (exact) mass is 388 g/mol. The zero-order valence-electron chi connectivity index (χ0n) is 17.1. The quantitative estimate of drug-likeness (QED) is 0.600. The minimum absolute atomic E-state index is 0.277. The van der Waals surface area contributed by atoms with Gasteiger partial charge in [0.05, 0.1) is 21.3 Å². The van der Waals surface area contributed by atoms with E-state index in [0.29, 0.717) is 34.6 Å². The Hall–Kier alpha value is -3.03. The Kier molecular flexibility index (Phi) is 7.86. The average molecular weight is 388 g/mol. The van der Waals surface area contributed by atoms with E-state index in [-0.39, 0.29) is 11.6 Å². The lowest BCUT2D eigenvalue weighted by atomic mass is 10.2. The molecule has 8 heteroatoms. The molecule has 28 heavy (non-hydrogen) atoms. The van der Waals surface area contributed by atoms with Gasteiger partial charge in [-0.3, -0.25) is 4.79 Å². The van der Waals surface area contributed by atoms with Crippen LogP contribution in [0.15, 0.2) is 18.2 Å². The summed E-state index contributed by atoms with van der Waals surface area (Å²) < 4.78 is 15.9. The Morgan fingerprint density at radius 2 is 1.68 bits per heavy atom. The summed E-state index contributed by atoms with van der Waals surface area (Å²) in [6, 6.07) is 4.97. The summed E-state index contributed by atoms with van der Waals surface area (Å²) >= 11 is 0. The van der Waals surface area contributed by atoms with E-state index in [1.165, 1.54) is 21.3 Å². The zero-order chi connectivity index (χ0) is 20.5. The smallest absolute Gasteiger partial charge is 0.274 e. The van der Waals surface area contributed by atoms with Crippen LogP contribution >= 0.6 is 0 Å². The van der Waals surface area contributed by atoms with Gasteiger partial charge in [-0.2, -0.15) is 0 Å². The topological polar surface area (TPSA) is 94.6 Å². The highest BCUT2D eigenvalue weighted by Gasteiger charge is 2.16. The van der Waals surface area contributed by atoms with E-state index < -0.39 is 0 Å². The molecule has 0 aliphatic rings. The second-order valence-corrected chi connectivity index (χ2v) is 6.19. The molecule has 1 amide bonds. The van der Waals surface area contributed by atoms with E-state index in [2.05, 4.69) is 27.5 Å². The Labute approximate surface area is 165 Å². The molecule has 0 radical (unpaired) electrons. The number of nitrogens with one attached hydrogen (secondary N) is 2. The van der Waals surface area contributed by atoms with Gasteiger partial charge in [-0.25, -0.2) is 9.97 Å². The van der Waals surface area contributed by atoms with E-state index in [1.54, 1.807) is 25.1 Å². The largest absolute Gasteiger partial charge is 0.493 e. The predicted molar refractivity (Wildman–Crippen MR) is 109 cm³/mol. The van der Waals surface area contributed by atoms with Gasteiger partial charge in [-0.1, -0.05) is 19.8 Å². The lowest BCUT2D eigenvalue weighted by molar-refractivity contribution is 0.102. The minimum atomic E-state index is -0.351. The molecule has 0 spiro atoms. The van der Waals surface area contributed by atoms with Crippen LogP contribution in [0.4, 0.5) is 11.5 Å². The number of amides is 1. The summed E-state index contributed by atoms with van der Waals surface area (Å²) in [6.07, 6.45) is 3.34. The van der Waals surface area contributed by atoms with Crippen LogP contribution in [0.5, 0.6) is 17.2 Å². The van der Waals surface area contributed by atoms with Crippen molar-refractivity contribution in [3.8, 4) is 17.2 Å². The molecule has 0 saturated carbocycles. The summed E-state index contributed by atoms with van der Waals surface area (Å²) in [6.45, 7) is 4.71. The molecule has 1 heterocycles. The Bertz CT molecular complexity index is 786. The Morgan fingerprint density at radius 3 is 2.25 bits per heavy atom. The van der Waals surface area contributed by atoms with Crippen LogP contribution in [-0.2, 0) is 0 Å². The van der Waals surface area contributed by atoms with Gasteiger partial charge < -0.3 is 24.8 Å². The van der Waals surface area contributed by atoms with Crippen LogP contribution in [0.3, 0.4) is 0 Å². The van der Waals surface area contributed by atoms with Crippen molar-refractivity contribution < 1.29 is 19.0 Å². The van der Waals surface area contributed by atoms with Gasteiger partial charge in [0.2, 0.25) is 5.75 Å². The highest BCUT2D eigenvalue weighted by atomic mass is 16.5. The predicted octanol–water partition coefficient (Wildman–Crippen LogP) is 3.67. The molecular formula is C20H28N4O4. The van der Waals surface area contributed by atoms with E-state index in [9.17, 15) is 4.79 Å². The fourth-order valence-corrected chi connectivity index (χ4v) is 2.71. The van der Waals surface area contributed by atoms with Crippen molar-refractivity contribution in [2.75, 3.05) is 38.5 Å². The molecule has 0 aliphatic heterocycles. The van der Waals surface area contributed by atoms with Crippen molar-refractivity contribution in [1.29, 1.82) is 0 Å². The molecule has 2 N–H and O–H groups in total. The maximum absolute atomic E-state index is 12.7. The number of hydrogen-bond acceptors (Lipinski definition) is 7. The van der Waals surface area contributed by atoms with E-state index in [1.807, 2.05) is 0 Å². The lowest BCUT2D eigenvalue weighted by Gasteiger charge is -2.14. The van der Waals surface area contributed by atoms with Gasteiger partial charge in [0, 0.05) is 30.4 Å². The standard InChI is InChI=1S/C20H28N4O4/c1-6-7-8-9-21-18-12-15(22-13(2)23-18)20(25)24-14-10-16(26-3)19(28-5)17(11-14)27-4/h10-12H,6-9H2,1-5H3,(H,24,25)(H,21,22,23). The van der Waals surface area contributed by atoms with Gasteiger partial charge in [0.1, 0.15) is 17.3 Å². The Balaban J connectivity index is 2.19. The lowest BCUT2D eigenvalue weighted by Crippen LogP contribution is -2.16. The first-order valence-electron chi connectivity index (χ1n) is 9.23. The summed E-state index contributed by atoms with van der Waals surface area (Å²) in [5.74, 6) is 2.17. The van der Waals surface area contributed by atoms with Gasteiger partial charge >= 0.3 is 0 Å². The van der Waals surface area contributed by atoms with Crippen molar-refractivity contribution >= 4 is 17.4 Å². The maximum atomic E-state index is 12.7. The third kappa shape index (κ3) is 5.48. The number of anilines is 2. The van der Waals surface area contributed by atoms with E-state index >= 15 is 0 Å². The molecule has 0 bridgehead atoms. The van der Waals surface area contributed by atoms with Crippen LogP contribution < -0.4 is 24.8 Å². The van der Waals surface area contributed by atoms with Crippen LogP contribution in [0, 0.1) is 6.92 Å². The van der Waals surface area contributed by atoms with Gasteiger partial charge in [0.25, 0.3) is 5.91 Å².